The second-order valence-corrected chi connectivity index (χ2v) is 10.9. The lowest BCUT2D eigenvalue weighted by molar-refractivity contribution is -0.384. The van der Waals surface area contributed by atoms with E-state index >= 15 is 0 Å². The smallest absolute Gasteiger partial charge is 0.269 e. The summed E-state index contributed by atoms with van der Waals surface area (Å²) in [5.74, 6) is -0.617. The van der Waals surface area contributed by atoms with Gasteiger partial charge in [-0.15, -0.1) is 0 Å². The van der Waals surface area contributed by atoms with Gasteiger partial charge in [0.15, 0.2) is 0 Å². The summed E-state index contributed by atoms with van der Waals surface area (Å²) in [6.45, 7) is 8.05. The minimum absolute atomic E-state index is 0.145. The number of sulfone groups is 1. The average molecular weight is 502 g/mol. The van der Waals surface area contributed by atoms with E-state index in [0.717, 1.165) is 43.4 Å². The molecule has 190 valence electrons. The maximum atomic E-state index is 13.6. The molecule has 0 aromatic heterocycles. The van der Waals surface area contributed by atoms with Crippen LogP contribution in [-0.2, 0) is 22.7 Å². The number of aryl methyl sites for hydroxylation is 1. The van der Waals surface area contributed by atoms with Crippen LogP contribution in [-0.4, -0.2) is 23.6 Å². The molecule has 8 heteroatoms. The number of allylic oxidation sites excluding steroid dienone is 4. The van der Waals surface area contributed by atoms with E-state index in [-0.39, 0.29) is 33.2 Å². The Bertz CT molecular complexity index is 1210. The number of nitro groups is 1. The van der Waals surface area contributed by atoms with Crippen molar-refractivity contribution in [2.24, 2.45) is 0 Å². The Kier molecular flexibility index (Phi) is 10.1. The maximum absolute atomic E-state index is 13.6. The highest BCUT2D eigenvalue weighted by molar-refractivity contribution is 7.91. The van der Waals surface area contributed by atoms with Gasteiger partial charge < -0.3 is 10.2 Å². The number of aromatic hydroxyl groups is 2. The molecule has 0 saturated heterocycles. The Morgan fingerprint density at radius 3 is 2.29 bits per heavy atom. The van der Waals surface area contributed by atoms with E-state index < -0.39 is 20.5 Å². The lowest BCUT2D eigenvalue weighted by atomic mass is 10.00. The lowest BCUT2D eigenvalue weighted by Gasteiger charge is -2.17. The predicted octanol–water partition coefficient (Wildman–Crippen LogP) is 6.81. The third-order valence-electron chi connectivity index (χ3n) is 5.83. The number of nitro benzene ring substituents is 1. The number of phenols is 2. The topological polar surface area (TPSA) is 118 Å². The highest BCUT2D eigenvalue weighted by Crippen LogP contribution is 2.41. The third kappa shape index (κ3) is 7.42. The number of hydrogen-bond acceptors (Lipinski definition) is 6. The van der Waals surface area contributed by atoms with E-state index in [1.54, 1.807) is 0 Å². The highest BCUT2D eigenvalue weighted by atomic mass is 32.2. The lowest BCUT2D eigenvalue weighted by Crippen LogP contribution is -2.08. The van der Waals surface area contributed by atoms with Crippen LogP contribution in [0, 0.1) is 10.1 Å². The van der Waals surface area contributed by atoms with E-state index in [1.165, 1.54) is 23.8 Å². The van der Waals surface area contributed by atoms with Crippen molar-refractivity contribution >= 4 is 15.5 Å². The molecule has 0 saturated carbocycles. The van der Waals surface area contributed by atoms with Gasteiger partial charge in [-0.1, -0.05) is 43.1 Å². The molecule has 0 atom stereocenters. The minimum Gasteiger partial charge on any atom is -0.508 e. The van der Waals surface area contributed by atoms with Gasteiger partial charge in [0, 0.05) is 17.7 Å². The molecule has 2 aromatic carbocycles. The fourth-order valence-electron chi connectivity index (χ4n) is 3.81. The number of non-ortho nitro benzene ring substituents is 1. The highest BCUT2D eigenvalue weighted by Gasteiger charge is 2.29. The van der Waals surface area contributed by atoms with Crippen molar-refractivity contribution in [1.29, 1.82) is 0 Å². The molecule has 2 N–H and O–H groups in total. The van der Waals surface area contributed by atoms with Crippen molar-refractivity contribution < 1.29 is 23.6 Å². The number of unbranched alkanes of at least 4 members (excludes halogenated alkanes) is 2. The predicted molar refractivity (Wildman–Crippen MR) is 138 cm³/mol. The molecule has 0 unspecified atom stereocenters. The van der Waals surface area contributed by atoms with Gasteiger partial charge >= 0.3 is 0 Å². The Hall–Kier alpha value is -3.13. The van der Waals surface area contributed by atoms with Gasteiger partial charge in [-0.05, 0) is 76.6 Å². The van der Waals surface area contributed by atoms with Gasteiger partial charge in [-0.25, -0.2) is 8.42 Å². The monoisotopic (exact) mass is 501 g/mol. The van der Waals surface area contributed by atoms with Crippen molar-refractivity contribution in [3.8, 4) is 11.5 Å². The molecule has 0 heterocycles. The molecule has 2 rings (SSSR count). The van der Waals surface area contributed by atoms with Crippen molar-refractivity contribution in [2.75, 3.05) is 0 Å². The van der Waals surface area contributed by atoms with Gasteiger partial charge in [0.2, 0.25) is 9.84 Å². The molecule has 0 aliphatic rings. The van der Waals surface area contributed by atoms with Crippen LogP contribution < -0.4 is 0 Å². The summed E-state index contributed by atoms with van der Waals surface area (Å²) in [5, 5.41) is 32.8. The van der Waals surface area contributed by atoms with Crippen LogP contribution in [0.3, 0.4) is 0 Å². The Morgan fingerprint density at radius 2 is 1.71 bits per heavy atom. The molecule has 7 nitrogen and oxygen atoms in total. The van der Waals surface area contributed by atoms with E-state index in [1.807, 2.05) is 33.8 Å². The Balaban J connectivity index is 2.54. The van der Waals surface area contributed by atoms with Crippen molar-refractivity contribution in [1.82, 2.24) is 0 Å². The number of rotatable bonds is 12. The number of benzene rings is 2. The van der Waals surface area contributed by atoms with Crippen LogP contribution in [0.15, 0.2) is 63.4 Å². The van der Waals surface area contributed by atoms with Crippen LogP contribution in [0.1, 0.15) is 70.9 Å². The molecule has 0 bridgehead atoms. The molecule has 0 aliphatic carbocycles. The van der Waals surface area contributed by atoms with Crippen LogP contribution in [0.5, 0.6) is 11.5 Å². The van der Waals surface area contributed by atoms with E-state index in [4.69, 9.17) is 0 Å². The first kappa shape index (κ1) is 28.1. The van der Waals surface area contributed by atoms with Crippen molar-refractivity contribution in [3.63, 3.8) is 0 Å². The first-order chi connectivity index (χ1) is 16.5. The van der Waals surface area contributed by atoms with Gasteiger partial charge in [0.05, 0.1) is 9.82 Å². The molecule has 0 aliphatic heterocycles. The molecule has 35 heavy (non-hydrogen) atoms. The third-order valence-corrected chi connectivity index (χ3v) is 7.72. The molecular formula is C27H35NO6S. The largest absolute Gasteiger partial charge is 0.508 e. The van der Waals surface area contributed by atoms with E-state index in [2.05, 4.69) is 6.08 Å². The van der Waals surface area contributed by atoms with Gasteiger partial charge in [-0.3, -0.25) is 10.1 Å². The molecule has 2 aromatic rings. The number of phenolic OH excluding ortho intramolecular Hbond substituents is 2. The Labute approximate surface area is 207 Å². The molecule has 0 amide bonds. The average Bonchev–Trinajstić information content (AvgIpc) is 2.78. The van der Waals surface area contributed by atoms with Crippen LogP contribution in [0.2, 0.25) is 0 Å². The minimum atomic E-state index is -4.19. The summed E-state index contributed by atoms with van der Waals surface area (Å²) in [7, 11) is -4.19. The van der Waals surface area contributed by atoms with Crippen LogP contribution in [0.4, 0.5) is 5.69 Å². The summed E-state index contributed by atoms with van der Waals surface area (Å²) in [6.07, 6.45) is 8.74. The fourth-order valence-corrected chi connectivity index (χ4v) is 5.43. The number of nitrogens with zero attached hydrogens (tertiary/aromatic N) is 1. The maximum Gasteiger partial charge on any atom is 0.269 e. The normalized spacial score (nSPS) is 11.9. The molecule has 0 radical (unpaired) electrons. The summed E-state index contributed by atoms with van der Waals surface area (Å²) in [6, 6.07) is 6.02. The van der Waals surface area contributed by atoms with E-state index in [0.29, 0.717) is 18.4 Å². The summed E-state index contributed by atoms with van der Waals surface area (Å²) in [5.41, 5.74) is 2.54. The molecule has 0 fully saturated rings. The van der Waals surface area contributed by atoms with Gasteiger partial charge in [0.25, 0.3) is 5.69 Å². The zero-order valence-corrected chi connectivity index (χ0v) is 21.7. The summed E-state index contributed by atoms with van der Waals surface area (Å²) < 4.78 is 27.1. The zero-order valence-electron chi connectivity index (χ0n) is 20.9. The summed E-state index contributed by atoms with van der Waals surface area (Å²) >= 11 is 0. The van der Waals surface area contributed by atoms with Gasteiger partial charge in [0.1, 0.15) is 16.4 Å². The Morgan fingerprint density at radius 1 is 1.06 bits per heavy atom. The fraction of sp³-hybridized carbons (Fsp3) is 0.407. The standard InChI is InChI=1S/C27H35NO6S/c1-5-6-7-11-21-18-25(29)24(17-12-20(4)10-8-9-19(2)3)26(30)27(21)35(33,34)23-15-13-22(14-16-23)28(31)32/h9,12-16,18,29-30H,5-8,10-11,17H2,1-4H3. The summed E-state index contributed by atoms with van der Waals surface area (Å²) in [4.78, 5) is 9.98. The quantitative estimate of drug-likeness (QED) is 0.143. The second-order valence-electron chi connectivity index (χ2n) is 9.00. The first-order valence-electron chi connectivity index (χ1n) is 11.8. The molecule has 0 spiro atoms. The zero-order chi connectivity index (χ0) is 26.2. The van der Waals surface area contributed by atoms with Crippen molar-refractivity contribution in [3.05, 3.63) is 74.9 Å². The SMILES string of the molecule is CCCCCc1cc(O)c(CC=C(C)CCC=C(C)C)c(O)c1S(=O)(=O)c1ccc([N+](=O)[O-])cc1. The number of hydrogen-bond donors (Lipinski definition) is 2. The first-order valence-corrected chi connectivity index (χ1v) is 13.3. The van der Waals surface area contributed by atoms with Gasteiger partial charge in [-0.2, -0.15) is 0 Å². The van der Waals surface area contributed by atoms with E-state index in [9.17, 15) is 28.7 Å². The molecular weight excluding hydrogens is 466 g/mol. The second kappa shape index (κ2) is 12.5. The van der Waals surface area contributed by atoms with Crippen molar-refractivity contribution in [2.45, 2.75) is 82.4 Å². The van der Waals surface area contributed by atoms with Crippen LogP contribution in [0.25, 0.3) is 0 Å². The van der Waals surface area contributed by atoms with Crippen LogP contribution >= 0.6 is 0 Å².